The molecule has 0 radical (unpaired) electrons. The van der Waals surface area contributed by atoms with Gasteiger partial charge in [-0.15, -0.1) is 0 Å². The summed E-state index contributed by atoms with van der Waals surface area (Å²) >= 11 is 0. The van der Waals surface area contributed by atoms with Crippen molar-refractivity contribution in [2.45, 2.75) is 11.3 Å². The lowest BCUT2D eigenvalue weighted by Gasteiger charge is -2.10. The highest BCUT2D eigenvalue weighted by molar-refractivity contribution is 7.89. The number of hydrogen-bond acceptors (Lipinski definition) is 5. The van der Waals surface area contributed by atoms with Gasteiger partial charge in [-0.05, 0) is 47.9 Å². The Morgan fingerprint density at radius 1 is 1.13 bits per heavy atom. The van der Waals surface area contributed by atoms with Gasteiger partial charge in [0.2, 0.25) is 16.8 Å². The van der Waals surface area contributed by atoms with Crippen LogP contribution in [0.1, 0.15) is 21.5 Å². The number of carbonyl (C=O) groups is 1. The molecule has 8 heteroatoms. The van der Waals surface area contributed by atoms with E-state index in [4.69, 9.17) is 19.7 Å². The summed E-state index contributed by atoms with van der Waals surface area (Å²) in [5.74, 6) is 0.0339. The molecule has 0 saturated heterocycles. The first-order valence-corrected chi connectivity index (χ1v) is 8.17. The Bertz CT molecular complexity index is 891. The second-order valence-electron chi connectivity index (χ2n) is 5.04. The topological polar surface area (TPSA) is 116 Å². The Morgan fingerprint density at radius 2 is 1.87 bits per heavy atom. The average Bonchev–Trinajstić information content (AvgIpc) is 2.93. The molecule has 0 spiro atoms. The third-order valence-electron chi connectivity index (χ3n) is 3.45. The Kier molecular flexibility index (Phi) is 3.70. The number of ether oxygens (including phenoxy) is 2. The molecule has 2 aromatic carbocycles. The maximum atomic E-state index is 11.7. The van der Waals surface area contributed by atoms with Crippen LogP contribution in [0.2, 0.25) is 0 Å². The molecule has 23 heavy (non-hydrogen) atoms. The van der Waals surface area contributed by atoms with Gasteiger partial charge in [0.05, 0.1) is 10.5 Å². The van der Waals surface area contributed by atoms with Gasteiger partial charge in [0.1, 0.15) is 0 Å². The third kappa shape index (κ3) is 3.13. The first-order chi connectivity index (χ1) is 10.8. The second-order valence-corrected chi connectivity index (χ2v) is 6.57. The van der Waals surface area contributed by atoms with Gasteiger partial charge in [-0.2, -0.15) is 0 Å². The van der Waals surface area contributed by atoms with E-state index in [1.54, 1.807) is 18.2 Å². The summed E-state index contributed by atoms with van der Waals surface area (Å²) in [4.78, 5) is 11.0. The molecular weight excluding hydrogens is 322 g/mol. The lowest BCUT2D eigenvalue weighted by atomic mass is 10.0. The maximum absolute atomic E-state index is 11.7. The molecule has 0 bridgehead atoms. The average molecular weight is 335 g/mol. The predicted octanol–water partition coefficient (Wildman–Crippen LogP) is 1.35. The molecule has 1 aliphatic heterocycles. The number of sulfonamides is 1. The van der Waals surface area contributed by atoms with Crippen LogP contribution < -0.4 is 14.6 Å². The summed E-state index contributed by atoms with van der Waals surface area (Å²) in [6.45, 7) is 0.135. The molecule has 0 atom stereocenters. The molecule has 120 valence electrons. The lowest BCUT2D eigenvalue weighted by molar-refractivity contribution is 0.0696. The van der Waals surface area contributed by atoms with Crippen LogP contribution in [-0.4, -0.2) is 26.3 Å². The monoisotopic (exact) mass is 335 g/mol. The zero-order chi connectivity index (χ0) is 16.6. The van der Waals surface area contributed by atoms with Crippen LogP contribution in [-0.2, 0) is 16.4 Å². The number of rotatable bonds is 4. The summed E-state index contributed by atoms with van der Waals surface area (Å²) in [6.07, 6.45) is 0.198. The minimum atomic E-state index is -3.96. The lowest BCUT2D eigenvalue weighted by Crippen LogP contribution is -2.15. The van der Waals surface area contributed by atoms with Gasteiger partial charge in [0.25, 0.3) is 0 Å². The Labute approximate surface area is 132 Å². The van der Waals surface area contributed by atoms with E-state index in [2.05, 4.69) is 0 Å². The van der Waals surface area contributed by atoms with Crippen LogP contribution in [0.15, 0.2) is 41.3 Å². The van der Waals surface area contributed by atoms with E-state index in [0.717, 1.165) is 5.56 Å². The first-order valence-electron chi connectivity index (χ1n) is 6.62. The van der Waals surface area contributed by atoms with Gasteiger partial charge < -0.3 is 14.6 Å². The number of nitrogens with two attached hydrogens (primary N) is 1. The normalized spacial score (nSPS) is 13.1. The zero-order valence-electron chi connectivity index (χ0n) is 11.9. The largest absolute Gasteiger partial charge is 0.478 e. The van der Waals surface area contributed by atoms with Gasteiger partial charge in [-0.3, -0.25) is 0 Å². The van der Waals surface area contributed by atoms with Crippen molar-refractivity contribution < 1.29 is 27.8 Å². The van der Waals surface area contributed by atoms with Gasteiger partial charge in [0, 0.05) is 0 Å². The van der Waals surface area contributed by atoms with Crippen molar-refractivity contribution in [1.29, 1.82) is 0 Å². The van der Waals surface area contributed by atoms with Crippen molar-refractivity contribution in [3.8, 4) is 11.5 Å². The first kappa shape index (κ1) is 15.3. The molecule has 3 rings (SSSR count). The molecule has 3 N–H and O–H groups in total. The van der Waals surface area contributed by atoms with Crippen molar-refractivity contribution in [1.82, 2.24) is 0 Å². The number of hydrogen-bond donors (Lipinski definition) is 2. The quantitative estimate of drug-likeness (QED) is 0.871. The number of benzene rings is 2. The standard InChI is InChI=1S/C15H13NO6S/c16-23(19,20)14-4-2-10(15(17)18)7-11(14)5-9-1-3-12-13(6-9)22-8-21-12/h1-4,6-7H,5,8H2,(H,17,18)(H2,16,19,20). The van der Waals surface area contributed by atoms with Gasteiger partial charge in [-0.25, -0.2) is 18.4 Å². The molecule has 0 amide bonds. The summed E-state index contributed by atoms with van der Waals surface area (Å²) in [6, 6.07) is 8.94. The molecule has 0 aromatic heterocycles. The number of primary sulfonamides is 1. The molecule has 1 aliphatic rings. The Morgan fingerprint density at radius 3 is 2.57 bits per heavy atom. The van der Waals surface area contributed by atoms with E-state index in [0.29, 0.717) is 17.1 Å². The van der Waals surface area contributed by atoms with Gasteiger partial charge >= 0.3 is 5.97 Å². The third-order valence-corrected chi connectivity index (χ3v) is 4.46. The summed E-state index contributed by atoms with van der Waals surface area (Å²) < 4.78 is 33.9. The fraction of sp³-hybridized carbons (Fsp3) is 0.133. The van der Waals surface area contributed by atoms with Crippen LogP contribution in [0.3, 0.4) is 0 Å². The Hall–Kier alpha value is -2.58. The molecule has 0 saturated carbocycles. The fourth-order valence-electron chi connectivity index (χ4n) is 2.40. The number of aromatic carboxylic acids is 1. The van der Waals surface area contributed by atoms with E-state index < -0.39 is 16.0 Å². The van der Waals surface area contributed by atoms with Crippen molar-refractivity contribution >= 4 is 16.0 Å². The summed E-state index contributed by atoms with van der Waals surface area (Å²) in [7, 11) is -3.96. The SMILES string of the molecule is NS(=O)(=O)c1ccc(C(=O)O)cc1Cc1ccc2c(c1)OCO2. The maximum Gasteiger partial charge on any atom is 0.335 e. The highest BCUT2D eigenvalue weighted by Gasteiger charge is 2.18. The van der Waals surface area contributed by atoms with E-state index in [1.807, 2.05) is 0 Å². The highest BCUT2D eigenvalue weighted by Crippen LogP contribution is 2.33. The molecular formula is C15H13NO6S. The molecule has 1 heterocycles. The minimum Gasteiger partial charge on any atom is -0.478 e. The fourth-order valence-corrected chi connectivity index (χ4v) is 3.15. The van der Waals surface area contributed by atoms with E-state index >= 15 is 0 Å². The molecule has 0 unspecified atom stereocenters. The van der Waals surface area contributed by atoms with Gasteiger partial charge in [-0.1, -0.05) is 6.07 Å². The van der Waals surface area contributed by atoms with Crippen molar-refractivity contribution in [3.05, 3.63) is 53.1 Å². The minimum absolute atomic E-state index is 0.00635. The number of carboxylic acid groups (broad SMARTS) is 1. The summed E-state index contributed by atoms with van der Waals surface area (Å²) in [5.41, 5.74) is 1.06. The number of fused-ring (bicyclic) bond motifs is 1. The van der Waals surface area contributed by atoms with E-state index in [1.165, 1.54) is 18.2 Å². The van der Waals surface area contributed by atoms with Crippen molar-refractivity contribution in [2.24, 2.45) is 5.14 Å². The van der Waals surface area contributed by atoms with Crippen LogP contribution >= 0.6 is 0 Å². The summed E-state index contributed by atoms with van der Waals surface area (Å²) in [5, 5.41) is 14.3. The predicted molar refractivity (Wildman–Crippen MR) is 80.1 cm³/mol. The van der Waals surface area contributed by atoms with Crippen LogP contribution in [0.25, 0.3) is 0 Å². The highest BCUT2D eigenvalue weighted by atomic mass is 32.2. The van der Waals surface area contributed by atoms with E-state index in [-0.39, 0.29) is 23.7 Å². The number of carboxylic acids is 1. The zero-order valence-corrected chi connectivity index (χ0v) is 12.7. The second kappa shape index (κ2) is 5.56. The van der Waals surface area contributed by atoms with Gasteiger partial charge in [0.15, 0.2) is 11.5 Å². The molecule has 2 aromatic rings. The van der Waals surface area contributed by atoms with Crippen molar-refractivity contribution in [2.75, 3.05) is 6.79 Å². The van der Waals surface area contributed by atoms with E-state index in [9.17, 15) is 13.2 Å². The van der Waals surface area contributed by atoms with Crippen LogP contribution in [0.5, 0.6) is 11.5 Å². The molecule has 0 aliphatic carbocycles. The van der Waals surface area contributed by atoms with Crippen molar-refractivity contribution in [3.63, 3.8) is 0 Å². The Balaban J connectivity index is 2.03. The van der Waals surface area contributed by atoms with Crippen LogP contribution in [0, 0.1) is 0 Å². The molecule has 0 fully saturated rings. The smallest absolute Gasteiger partial charge is 0.335 e. The van der Waals surface area contributed by atoms with Crippen LogP contribution in [0.4, 0.5) is 0 Å². The molecule has 7 nitrogen and oxygen atoms in total.